The highest BCUT2D eigenvalue weighted by Crippen LogP contribution is 2.13. The molecule has 1 aromatic heterocycles. The summed E-state index contributed by atoms with van der Waals surface area (Å²) in [5.41, 5.74) is 0.821. The Labute approximate surface area is 124 Å². The molecule has 0 bridgehead atoms. The van der Waals surface area contributed by atoms with E-state index in [9.17, 15) is 14.7 Å². The number of rotatable bonds is 9. The van der Waals surface area contributed by atoms with Crippen molar-refractivity contribution in [2.75, 3.05) is 13.1 Å². The molecule has 0 aliphatic carbocycles. The molecule has 0 saturated carbocycles. The van der Waals surface area contributed by atoms with Crippen molar-refractivity contribution in [1.29, 1.82) is 0 Å². The lowest BCUT2D eigenvalue weighted by atomic mass is 10.0. The summed E-state index contributed by atoms with van der Waals surface area (Å²) in [4.78, 5) is 28.1. The second-order valence-electron chi connectivity index (χ2n) is 5.42. The molecule has 116 valence electrons. The fraction of sp³-hybridized carbons (Fsp3) is 0.533. The van der Waals surface area contributed by atoms with E-state index in [1.54, 1.807) is 12.3 Å². The Morgan fingerprint density at radius 3 is 2.48 bits per heavy atom. The van der Waals surface area contributed by atoms with Crippen LogP contribution < -0.4 is 0 Å². The quantitative estimate of drug-likeness (QED) is 0.717. The molecule has 0 amide bonds. The van der Waals surface area contributed by atoms with E-state index in [1.807, 2.05) is 26.0 Å². The van der Waals surface area contributed by atoms with Crippen LogP contribution in [0.5, 0.6) is 0 Å². The third kappa shape index (κ3) is 6.35. The summed E-state index contributed by atoms with van der Waals surface area (Å²) >= 11 is 0. The minimum Gasteiger partial charge on any atom is -0.480 e. The van der Waals surface area contributed by atoms with Crippen LogP contribution in [0.25, 0.3) is 0 Å². The lowest BCUT2D eigenvalue weighted by Gasteiger charge is -2.28. The van der Waals surface area contributed by atoms with E-state index < -0.39 is 18.0 Å². The Hall–Kier alpha value is -1.95. The molecule has 1 atom stereocenters. The van der Waals surface area contributed by atoms with Gasteiger partial charge < -0.3 is 10.2 Å². The topological polar surface area (TPSA) is 90.7 Å². The van der Waals surface area contributed by atoms with Crippen LogP contribution in [0.1, 0.15) is 26.0 Å². The normalized spacial score (nSPS) is 12.6. The summed E-state index contributed by atoms with van der Waals surface area (Å²) in [7, 11) is 0. The minimum absolute atomic E-state index is 0.178. The Morgan fingerprint density at radius 1 is 1.29 bits per heavy atom. The molecule has 0 fully saturated rings. The molecule has 6 heteroatoms. The maximum Gasteiger partial charge on any atom is 0.320 e. The molecule has 1 heterocycles. The molecule has 1 rings (SSSR count). The van der Waals surface area contributed by atoms with Crippen molar-refractivity contribution >= 4 is 11.9 Å². The number of aromatic nitrogens is 1. The molecule has 2 N–H and O–H groups in total. The van der Waals surface area contributed by atoms with E-state index in [2.05, 4.69) is 4.98 Å². The van der Waals surface area contributed by atoms with E-state index in [-0.39, 0.29) is 12.5 Å². The van der Waals surface area contributed by atoms with Gasteiger partial charge in [0.1, 0.15) is 6.04 Å². The van der Waals surface area contributed by atoms with E-state index in [0.29, 0.717) is 19.4 Å². The van der Waals surface area contributed by atoms with Gasteiger partial charge in [0.2, 0.25) is 0 Å². The van der Waals surface area contributed by atoms with Crippen LogP contribution in [0.3, 0.4) is 0 Å². The Morgan fingerprint density at radius 2 is 2.00 bits per heavy atom. The summed E-state index contributed by atoms with van der Waals surface area (Å²) < 4.78 is 0. The molecular formula is C15H22N2O4. The molecule has 0 aliphatic heterocycles. The molecule has 1 aromatic rings. The first kappa shape index (κ1) is 17.1. The third-order valence-electron chi connectivity index (χ3n) is 3.14. The maximum absolute atomic E-state index is 11.4. The second kappa shape index (κ2) is 8.36. The first-order valence-corrected chi connectivity index (χ1v) is 6.98. The van der Waals surface area contributed by atoms with Crippen LogP contribution in [-0.4, -0.2) is 51.2 Å². The lowest BCUT2D eigenvalue weighted by molar-refractivity contribution is -0.146. The Kier molecular flexibility index (Phi) is 6.81. The van der Waals surface area contributed by atoms with Crippen molar-refractivity contribution in [3.8, 4) is 0 Å². The average molecular weight is 294 g/mol. The van der Waals surface area contributed by atoms with Crippen LogP contribution in [-0.2, 0) is 16.0 Å². The van der Waals surface area contributed by atoms with Crippen molar-refractivity contribution in [3.63, 3.8) is 0 Å². The van der Waals surface area contributed by atoms with Crippen LogP contribution in [0.2, 0.25) is 0 Å². The van der Waals surface area contributed by atoms with Gasteiger partial charge in [-0.3, -0.25) is 19.5 Å². The van der Waals surface area contributed by atoms with Crippen LogP contribution in [0.4, 0.5) is 0 Å². The minimum atomic E-state index is -1.02. The van der Waals surface area contributed by atoms with Crippen LogP contribution >= 0.6 is 0 Å². The number of pyridine rings is 1. The summed E-state index contributed by atoms with van der Waals surface area (Å²) in [6.45, 7) is 3.92. The van der Waals surface area contributed by atoms with Gasteiger partial charge in [-0.05, 0) is 24.5 Å². The third-order valence-corrected chi connectivity index (χ3v) is 3.14. The van der Waals surface area contributed by atoms with Crippen molar-refractivity contribution in [2.45, 2.75) is 32.7 Å². The highest BCUT2D eigenvalue weighted by atomic mass is 16.4. The second-order valence-corrected chi connectivity index (χ2v) is 5.42. The number of hydrogen-bond acceptors (Lipinski definition) is 4. The van der Waals surface area contributed by atoms with Gasteiger partial charge in [-0.1, -0.05) is 19.9 Å². The fourth-order valence-corrected chi connectivity index (χ4v) is 2.18. The van der Waals surface area contributed by atoms with Gasteiger partial charge in [0.15, 0.2) is 0 Å². The van der Waals surface area contributed by atoms with Gasteiger partial charge in [-0.2, -0.15) is 0 Å². The molecule has 0 unspecified atom stereocenters. The predicted molar refractivity (Wildman–Crippen MR) is 78.0 cm³/mol. The van der Waals surface area contributed by atoms with E-state index in [4.69, 9.17) is 5.11 Å². The average Bonchev–Trinajstić information content (AvgIpc) is 2.41. The molecule has 0 saturated heterocycles. The SMILES string of the molecule is CC(C)C[C@@H](C(=O)O)N(CCc1ccccn1)CC(=O)O. The zero-order chi connectivity index (χ0) is 15.8. The van der Waals surface area contributed by atoms with Gasteiger partial charge >= 0.3 is 11.9 Å². The smallest absolute Gasteiger partial charge is 0.320 e. The van der Waals surface area contributed by atoms with Crippen molar-refractivity contribution in [3.05, 3.63) is 30.1 Å². The number of hydrogen-bond donors (Lipinski definition) is 2. The lowest BCUT2D eigenvalue weighted by Crippen LogP contribution is -2.45. The fourth-order valence-electron chi connectivity index (χ4n) is 2.18. The van der Waals surface area contributed by atoms with Gasteiger partial charge in [0.05, 0.1) is 6.54 Å². The van der Waals surface area contributed by atoms with Crippen molar-refractivity contribution in [1.82, 2.24) is 9.88 Å². The number of carbonyl (C=O) groups is 2. The number of aliphatic carboxylic acids is 2. The standard InChI is InChI=1S/C15H22N2O4/c1-11(2)9-13(15(20)21)17(10-14(18)19)8-6-12-5-3-4-7-16-12/h3-5,7,11,13H,6,8-10H2,1-2H3,(H,18,19)(H,20,21)/t13-/m0/s1. The van der Waals surface area contributed by atoms with Crippen LogP contribution in [0, 0.1) is 5.92 Å². The summed E-state index contributed by atoms with van der Waals surface area (Å²) in [5, 5.41) is 18.3. The summed E-state index contributed by atoms with van der Waals surface area (Å²) in [6.07, 6.45) is 2.61. The monoisotopic (exact) mass is 294 g/mol. The first-order chi connectivity index (χ1) is 9.90. The highest BCUT2D eigenvalue weighted by Gasteiger charge is 2.27. The van der Waals surface area contributed by atoms with Gasteiger partial charge in [-0.25, -0.2) is 0 Å². The largest absolute Gasteiger partial charge is 0.480 e. The van der Waals surface area contributed by atoms with Crippen molar-refractivity contribution in [2.24, 2.45) is 5.92 Å². The Balaban J connectivity index is 2.77. The first-order valence-electron chi connectivity index (χ1n) is 6.98. The Bertz CT molecular complexity index is 462. The molecule has 6 nitrogen and oxygen atoms in total. The predicted octanol–water partition coefficient (Wildman–Crippen LogP) is 1.51. The van der Waals surface area contributed by atoms with E-state index >= 15 is 0 Å². The summed E-state index contributed by atoms with van der Waals surface area (Å²) in [6, 6.07) is 4.71. The van der Waals surface area contributed by atoms with E-state index in [0.717, 1.165) is 5.69 Å². The van der Waals surface area contributed by atoms with Gasteiger partial charge in [-0.15, -0.1) is 0 Å². The molecule has 21 heavy (non-hydrogen) atoms. The molecule has 0 aliphatic rings. The summed E-state index contributed by atoms with van der Waals surface area (Å²) in [5.74, 6) is -1.82. The van der Waals surface area contributed by atoms with Crippen molar-refractivity contribution < 1.29 is 19.8 Å². The highest BCUT2D eigenvalue weighted by molar-refractivity contribution is 5.75. The molecule has 0 radical (unpaired) electrons. The molecule has 0 spiro atoms. The molecular weight excluding hydrogens is 272 g/mol. The number of carboxylic acids is 2. The van der Waals surface area contributed by atoms with E-state index in [1.165, 1.54) is 4.90 Å². The number of carboxylic acid groups (broad SMARTS) is 2. The molecule has 0 aromatic carbocycles. The number of nitrogens with zero attached hydrogens (tertiary/aromatic N) is 2. The van der Waals surface area contributed by atoms with Gasteiger partial charge in [0, 0.05) is 24.9 Å². The van der Waals surface area contributed by atoms with Gasteiger partial charge in [0.25, 0.3) is 0 Å². The zero-order valence-electron chi connectivity index (χ0n) is 12.4. The maximum atomic E-state index is 11.4. The zero-order valence-corrected chi connectivity index (χ0v) is 12.4. The van der Waals surface area contributed by atoms with Crippen LogP contribution in [0.15, 0.2) is 24.4 Å².